The third kappa shape index (κ3) is 5.81. The van der Waals surface area contributed by atoms with Crippen molar-refractivity contribution in [2.75, 3.05) is 0 Å². The van der Waals surface area contributed by atoms with Gasteiger partial charge in [-0.3, -0.25) is 4.79 Å². The zero-order valence-electron chi connectivity index (χ0n) is 9.39. The van der Waals surface area contributed by atoms with Gasteiger partial charge in [0.05, 0.1) is 0 Å². The Balaban J connectivity index is 3.79. The van der Waals surface area contributed by atoms with Gasteiger partial charge in [0.1, 0.15) is 5.78 Å². The third-order valence-electron chi connectivity index (χ3n) is 2.37. The van der Waals surface area contributed by atoms with Crippen LogP contribution in [0.2, 0.25) is 0 Å². The van der Waals surface area contributed by atoms with Crippen molar-refractivity contribution in [2.45, 2.75) is 59.4 Å². The minimum Gasteiger partial charge on any atom is -0.327 e. The zero-order valence-corrected chi connectivity index (χ0v) is 9.39. The van der Waals surface area contributed by atoms with Gasteiger partial charge in [0.2, 0.25) is 0 Å². The van der Waals surface area contributed by atoms with Gasteiger partial charge in [-0.2, -0.15) is 0 Å². The fourth-order valence-corrected chi connectivity index (χ4v) is 1.03. The molecular formula is C11H23NO. The highest BCUT2D eigenvalue weighted by Crippen LogP contribution is 2.20. The van der Waals surface area contributed by atoms with Crippen LogP contribution in [0.1, 0.15) is 53.4 Å². The van der Waals surface area contributed by atoms with E-state index in [9.17, 15) is 4.79 Å². The van der Waals surface area contributed by atoms with Crippen molar-refractivity contribution in [3.8, 4) is 0 Å². The van der Waals surface area contributed by atoms with Crippen LogP contribution in [-0.4, -0.2) is 11.8 Å². The largest absolute Gasteiger partial charge is 0.327 e. The lowest BCUT2D eigenvalue weighted by molar-refractivity contribution is -0.120. The number of Topliss-reactive ketones (excluding diaryl/α,β-unsaturated/α-hetero) is 1. The molecule has 13 heavy (non-hydrogen) atoms. The second-order valence-electron chi connectivity index (χ2n) is 4.82. The van der Waals surface area contributed by atoms with Crippen LogP contribution in [0.4, 0.5) is 0 Å². The van der Waals surface area contributed by atoms with Gasteiger partial charge < -0.3 is 5.73 Å². The van der Waals surface area contributed by atoms with Gasteiger partial charge in [-0.15, -0.1) is 0 Å². The first kappa shape index (κ1) is 12.6. The summed E-state index contributed by atoms with van der Waals surface area (Å²) in [4.78, 5) is 11.4. The van der Waals surface area contributed by atoms with Crippen LogP contribution in [0, 0.1) is 5.41 Å². The normalized spacial score (nSPS) is 14.2. The first-order valence-corrected chi connectivity index (χ1v) is 5.15. The molecule has 0 heterocycles. The van der Waals surface area contributed by atoms with Crippen LogP contribution in [0.3, 0.4) is 0 Å². The second-order valence-corrected chi connectivity index (χ2v) is 4.82. The van der Waals surface area contributed by atoms with Gasteiger partial charge >= 0.3 is 0 Å². The van der Waals surface area contributed by atoms with Gasteiger partial charge in [0, 0.05) is 18.9 Å². The van der Waals surface area contributed by atoms with Crippen molar-refractivity contribution in [1.29, 1.82) is 0 Å². The highest BCUT2D eigenvalue weighted by Gasteiger charge is 2.22. The molecule has 0 fully saturated rings. The number of nitrogens with two attached hydrogens (primary N) is 1. The van der Waals surface area contributed by atoms with E-state index in [1.165, 1.54) is 0 Å². The summed E-state index contributed by atoms with van der Waals surface area (Å²) in [6.07, 6.45) is 3.30. The summed E-state index contributed by atoms with van der Waals surface area (Å²) < 4.78 is 0. The van der Waals surface area contributed by atoms with E-state index >= 15 is 0 Å². The molecule has 0 saturated heterocycles. The van der Waals surface area contributed by atoms with Crippen molar-refractivity contribution < 1.29 is 4.79 Å². The Hall–Kier alpha value is -0.370. The van der Waals surface area contributed by atoms with Crippen LogP contribution in [0.15, 0.2) is 0 Å². The monoisotopic (exact) mass is 185 g/mol. The Kier molecular flexibility index (Phi) is 5.23. The molecule has 0 saturated carbocycles. The molecular weight excluding hydrogens is 162 g/mol. The smallest absolute Gasteiger partial charge is 0.134 e. The molecule has 1 unspecified atom stereocenters. The van der Waals surface area contributed by atoms with Crippen molar-refractivity contribution >= 4 is 5.78 Å². The van der Waals surface area contributed by atoms with Gasteiger partial charge in [-0.25, -0.2) is 0 Å². The lowest BCUT2D eigenvalue weighted by atomic mass is 9.84. The molecule has 0 aromatic rings. The predicted molar refractivity (Wildman–Crippen MR) is 56.6 cm³/mol. The summed E-state index contributed by atoms with van der Waals surface area (Å²) >= 11 is 0. The predicted octanol–water partition coefficient (Wildman–Crippen LogP) is 2.51. The summed E-state index contributed by atoms with van der Waals surface area (Å²) in [5, 5.41) is 0. The van der Waals surface area contributed by atoms with E-state index in [2.05, 4.69) is 27.7 Å². The topological polar surface area (TPSA) is 43.1 Å². The van der Waals surface area contributed by atoms with Crippen LogP contribution < -0.4 is 5.73 Å². The Morgan fingerprint density at radius 3 is 2.31 bits per heavy atom. The van der Waals surface area contributed by atoms with Gasteiger partial charge in [0.15, 0.2) is 0 Å². The van der Waals surface area contributed by atoms with Gasteiger partial charge in [-0.1, -0.05) is 34.1 Å². The van der Waals surface area contributed by atoms with E-state index in [4.69, 9.17) is 5.73 Å². The number of hydrogen-bond acceptors (Lipinski definition) is 2. The van der Waals surface area contributed by atoms with Gasteiger partial charge in [-0.05, 0) is 11.8 Å². The molecule has 0 amide bonds. The second kappa shape index (κ2) is 5.38. The SMILES string of the molecule is CCCCC(=O)CC(N)C(C)(C)C. The number of unbranched alkanes of at least 4 members (excludes halogenated alkanes) is 1. The zero-order chi connectivity index (χ0) is 10.5. The van der Waals surface area contributed by atoms with E-state index in [1.54, 1.807) is 0 Å². The maximum absolute atomic E-state index is 11.4. The average molecular weight is 185 g/mol. The van der Waals surface area contributed by atoms with E-state index in [0.29, 0.717) is 18.6 Å². The molecule has 2 nitrogen and oxygen atoms in total. The highest BCUT2D eigenvalue weighted by molar-refractivity contribution is 5.79. The number of ketones is 1. The lowest BCUT2D eigenvalue weighted by Crippen LogP contribution is -2.36. The fraction of sp³-hybridized carbons (Fsp3) is 0.909. The molecule has 0 aliphatic heterocycles. The first-order chi connectivity index (χ1) is 5.88. The van der Waals surface area contributed by atoms with Crippen LogP contribution in [-0.2, 0) is 4.79 Å². The molecule has 78 valence electrons. The molecule has 0 bridgehead atoms. The molecule has 1 atom stereocenters. The first-order valence-electron chi connectivity index (χ1n) is 5.15. The lowest BCUT2D eigenvalue weighted by Gasteiger charge is -2.26. The summed E-state index contributed by atoms with van der Waals surface area (Å²) in [5.41, 5.74) is 5.95. The third-order valence-corrected chi connectivity index (χ3v) is 2.37. The van der Waals surface area contributed by atoms with Crippen molar-refractivity contribution in [3.63, 3.8) is 0 Å². The summed E-state index contributed by atoms with van der Waals surface area (Å²) in [5.74, 6) is 0.310. The maximum atomic E-state index is 11.4. The molecule has 0 spiro atoms. The van der Waals surface area contributed by atoms with Crippen LogP contribution in [0.5, 0.6) is 0 Å². The standard InChI is InChI=1S/C11H23NO/c1-5-6-7-9(13)8-10(12)11(2,3)4/h10H,5-8,12H2,1-4H3. The van der Waals surface area contributed by atoms with Crippen molar-refractivity contribution in [2.24, 2.45) is 11.1 Å². The van der Waals surface area contributed by atoms with Crippen LogP contribution >= 0.6 is 0 Å². The average Bonchev–Trinajstić information content (AvgIpc) is 1.99. The summed E-state index contributed by atoms with van der Waals surface area (Å²) in [6, 6.07) is -0.00291. The molecule has 0 radical (unpaired) electrons. The summed E-state index contributed by atoms with van der Waals surface area (Å²) in [6.45, 7) is 8.32. The maximum Gasteiger partial charge on any atom is 0.134 e. The molecule has 2 N–H and O–H groups in total. The van der Waals surface area contributed by atoms with Gasteiger partial charge in [0.25, 0.3) is 0 Å². The van der Waals surface area contributed by atoms with E-state index in [0.717, 1.165) is 12.8 Å². The van der Waals surface area contributed by atoms with E-state index in [-0.39, 0.29) is 11.5 Å². The molecule has 0 aliphatic rings. The Morgan fingerprint density at radius 2 is 1.92 bits per heavy atom. The van der Waals surface area contributed by atoms with Crippen LogP contribution in [0.25, 0.3) is 0 Å². The number of carbonyl (C=O) groups excluding carboxylic acids is 1. The number of hydrogen-bond donors (Lipinski definition) is 1. The minimum atomic E-state index is -0.00291. The van der Waals surface area contributed by atoms with Crippen molar-refractivity contribution in [3.05, 3.63) is 0 Å². The molecule has 0 aromatic heterocycles. The van der Waals surface area contributed by atoms with Crippen molar-refractivity contribution in [1.82, 2.24) is 0 Å². The Bertz CT molecular complexity index is 158. The van der Waals surface area contributed by atoms with E-state index in [1.807, 2.05) is 0 Å². The molecule has 0 aliphatic carbocycles. The minimum absolute atomic E-state index is 0.00291. The highest BCUT2D eigenvalue weighted by atomic mass is 16.1. The molecule has 0 aromatic carbocycles. The summed E-state index contributed by atoms with van der Waals surface area (Å²) in [7, 11) is 0. The Labute approximate surface area is 81.9 Å². The fourth-order valence-electron chi connectivity index (χ4n) is 1.03. The quantitative estimate of drug-likeness (QED) is 0.715. The number of carbonyl (C=O) groups is 1. The number of rotatable bonds is 5. The van der Waals surface area contributed by atoms with E-state index < -0.39 is 0 Å². The molecule has 0 rings (SSSR count). The molecule has 2 heteroatoms. The Morgan fingerprint density at radius 1 is 1.38 bits per heavy atom.